The number of anilines is 1. The zero-order valence-electron chi connectivity index (χ0n) is 14.7. The van der Waals surface area contributed by atoms with Gasteiger partial charge in [-0.25, -0.2) is 21.1 Å². The second kappa shape index (κ2) is 8.17. The summed E-state index contributed by atoms with van der Waals surface area (Å²) in [4.78, 5) is -0.0712. The van der Waals surface area contributed by atoms with E-state index >= 15 is 0 Å². The van der Waals surface area contributed by atoms with Gasteiger partial charge in [-0.1, -0.05) is 20.3 Å². The highest BCUT2D eigenvalue weighted by molar-refractivity contribution is 7.92. The third kappa shape index (κ3) is 5.35. The van der Waals surface area contributed by atoms with Crippen molar-refractivity contribution >= 4 is 25.7 Å². The van der Waals surface area contributed by atoms with Gasteiger partial charge in [0.1, 0.15) is 10.6 Å². The molecule has 0 unspecified atom stereocenters. The van der Waals surface area contributed by atoms with Crippen LogP contribution in [0.1, 0.15) is 27.2 Å². The summed E-state index contributed by atoms with van der Waals surface area (Å²) in [5.74, 6) is 0.179. The Morgan fingerprint density at radius 1 is 1.17 bits per heavy atom. The van der Waals surface area contributed by atoms with Gasteiger partial charge in [0.05, 0.1) is 18.0 Å². The van der Waals surface area contributed by atoms with Gasteiger partial charge in [0.15, 0.2) is 0 Å². The van der Waals surface area contributed by atoms with Crippen LogP contribution >= 0.6 is 0 Å². The SMILES string of the molecule is CCOc1ccc(NS(=O)(=O)C[C@@H](C)CC)cc1S(=O)(=O)N(C)C. The highest BCUT2D eigenvalue weighted by atomic mass is 32.2. The predicted octanol–water partition coefficient (Wildman–Crippen LogP) is 2.12. The van der Waals surface area contributed by atoms with E-state index in [0.29, 0.717) is 6.61 Å². The molecule has 9 heteroatoms. The second-order valence-corrected chi connectivity index (χ2v) is 9.67. The molecule has 24 heavy (non-hydrogen) atoms. The average Bonchev–Trinajstić information content (AvgIpc) is 2.47. The minimum Gasteiger partial charge on any atom is -0.492 e. The lowest BCUT2D eigenvalue weighted by Crippen LogP contribution is -2.24. The van der Waals surface area contributed by atoms with Crippen molar-refractivity contribution in [3.05, 3.63) is 18.2 Å². The Hall–Kier alpha value is -1.32. The summed E-state index contributed by atoms with van der Waals surface area (Å²) in [6.07, 6.45) is 0.741. The first-order valence-corrected chi connectivity index (χ1v) is 10.8. The molecule has 0 aliphatic rings. The Bertz CT molecular complexity index is 758. The summed E-state index contributed by atoms with van der Waals surface area (Å²) in [5, 5.41) is 0. The molecule has 0 aromatic heterocycles. The van der Waals surface area contributed by atoms with Gasteiger partial charge in [-0.05, 0) is 31.0 Å². The average molecular weight is 379 g/mol. The van der Waals surface area contributed by atoms with E-state index in [1.807, 2.05) is 13.8 Å². The summed E-state index contributed by atoms with van der Waals surface area (Å²) in [6, 6.07) is 4.24. The summed E-state index contributed by atoms with van der Waals surface area (Å²) in [6.45, 7) is 5.81. The van der Waals surface area contributed by atoms with Crippen LogP contribution in [-0.2, 0) is 20.0 Å². The van der Waals surface area contributed by atoms with Crippen LogP contribution < -0.4 is 9.46 Å². The van der Waals surface area contributed by atoms with Crippen molar-refractivity contribution in [2.45, 2.75) is 32.1 Å². The molecule has 7 nitrogen and oxygen atoms in total. The van der Waals surface area contributed by atoms with Gasteiger partial charge in [0, 0.05) is 14.1 Å². The summed E-state index contributed by atoms with van der Waals surface area (Å²) in [5.41, 5.74) is 0.196. The third-order valence-corrected chi connectivity index (χ3v) is 6.87. The lowest BCUT2D eigenvalue weighted by Gasteiger charge is -2.17. The van der Waals surface area contributed by atoms with Crippen LogP contribution in [0.4, 0.5) is 5.69 Å². The largest absolute Gasteiger partial charge is 0.492 e. The first kappa shape index (κ1) is 20.7. The van der Waals surface area contributed by atoms with Gasteiger partial charge < -0.3 is 4.74 Å². The number of ether oxygens (including phenoxy) is 1. The Morgan fingerprint density at radius 2 is 1.79 bits per heavy atom. The third-order valence-electron chi connectivity index (χ3n) is 3.48. The quantitative estimate of drug-likeness (QED) is 0.710. The van der Waals surface area contributed by atoms with Gasteiger partial charge in [-0.2, -0.15) is 0 Å². The number of sulfonamides is 2. The predicted molar refractivity (Wildman–Crippen MR) is 95.3 cm³/mol. The minimum atomic E-state index is -3.76. The van der Waals surface area contributed by atoms with E-state index in [-0.39, 0.29) is 28.0 Å². The van der Waals surface area contributed by atoms with Crippen molar-refractivity contribution < 1.29 is 21.6 Å². The fourth-order valence-electron chi connectivity index (χ4n) is 1.96. The molecule has 1 aromatic rings. The molecule has 0 aliphatic carbocycles. The fraction of sp³-hybridized carbons (Fsp3) is 0.600. The second-order valence-electron chi connectivity index (χ2n) is 5.78. The van der Waals surface area contributed by atoms with Crippen LogP contribution in [-0.4, -0.2) is 47.6 Å². The summed E-state index contributed by atoms with van der Waals surface area (Å²) < 4.78 is 58.1. The van der Waals surface area contributed by atoms with Crippen LogP contribution in [0.15, 0.2) is 23.1 Å². The Morgan fingerprint density at radius 3 is 2.29 bits per heavy atom. The molecule has 0 saturated carbocycles. The van der Waals surface area contributed by atoms with Crippen LogP contribution in [0.5, 0.6) is 5.75 Å². The van der Waals surface area contributed by atoms with Crippen molar-refractivity contribution in [1.82, 2.24) is 4.31 Å². The van der Waals surface area contributed by atoms with Crippen molar-refractivity contribution in [2.75, 3.05) is 31.2 Å². The molecule has 0 aliphatic heterocycles. The Balaban J connectivity index is 3.25. The molecule has 138 valence electrons. The van der Waals surface area contributed by atoms with Crippen LogP contribution in [0, 0.1) is 5.92 Å². The maximum atomic E-state index is 12.4. The van der Waals surface area contributed by atoms with E-state index in [2.05, 4.69) is 4.72 Å². The van der Waals surface area contributed by atoms with Crippen molar-refractivity contribution in [2.24, 2.45) is 5.92 Å². The van der Waals surface area contributed by atoms with Gasteiger partial charge in [-0.15, -0.1) is 0 Å². The molecular weight excluding hydrogens is 352 g/mol. The van der Waals surface area contributed by atoms with Gasteiger partial charge in [0.25, 0.3) is 0 Å². The highest BCUT2D eigenvalue weighted by Crippen LogP contribution is 2.29. The summed E-state index contributed by atoms with van der Waals surface area (Å²) >= 11 is 0. The number of benzene rings is 1. The molecule has 0 spiro atoms. The molecule has 0 fully saturated rings. The molecule has 0 amide bonds. The van der Waals surface area contributed by atoms with E-state index in [0.717, 1.165) is 10.7 Å². The van der Waals surface area contributed by atoms with E-state index in [1.54, 1.807) is 6.92 Å². The molecule has 0 radical (unpaired) electrons. The first-order valence-electron chi connectivity index (χ1n) is 7.73. The first-order chi connectivity index (χ1) is 11.0. The van der Waals surface area contributed by atoms with E-state index in [4.69, 9.17) is 4.74 Å². The van der Waals surface area contributed by atoms with Gasteiger partial charge in [-0.3, -0.25) is 4.72 Å². The molecule has 1 atom stereocenters. The highest BCUT2D eigenvalue weighted by Gasteiger charge is 2.24. The molecule has 0 saturated heterocycles. The maximum Gasteiger partial charge on any atom is 0.246 e. The normalized spacial score (nSPS) is 13.8. The van der Waals surface area contributed by atoms with Crippen LogP contribution in [0.3, 0.4) is 0 Å². The zero-order valence-corrected chi connectivity index (χ0v) is 16.4. The van der Waals surface area contributed by atoms with Crippen LogP contribution in [0.2, 0.25) is 0 Å². The van der Waals surface area contributed by atoms with E-state index < -0.39 is 20.0 Å². The number of nitrogens with one attached hydrogen (secondary N) is 1. The molecule has 1 rings (SSSR count). The molecule has 1 aromatic carbocycles. The van der Waals surface area contributed by atoms with Crippen molar-refractivity contribution in [3.63, 3.8) is 0 Å². The Labute approximate surface area is 145 Å². The van der Waals surface area contributed by atoms with Crippen molar-refractivity contribution in [1.29, 1.82) is 0 Å². The molecular formula is C15H26N2O5S2. The van der Waals surface area contributed by atoms with Gasteiger partial charge in [0.2, 0.25) is 20.0 Å². The number of rotatable bonds is 9. The number of hydrogen-bond acceptors (Lipinski definition) is 5. The number of nitrogens with zero attached hydrogens (tertiary/aromatic N) is 1. The molecule has 1 N–H and O–H groups in total. The monoisotopic (exact) mass is 378 g/mol. The maximum absolute atomic E-state index is 12.4. The zero-order chi connectivity index (χ0) is 18.5. The number of hydrogen-bond donors (Lipinski definition) is 1. The van der Waals surface area contributed by atoms with E-state index in [9.17, 15) is 16.8 Å². The smallest absolute Gasteiger partial charge is 0.246 e. The fourth-order valence-corrected chi connectivity index (χ4v) is 4.56. The Kier molecular flexibility index (Phi) is 7.06. The minimum absolute atomic E-state index is 0.00942. The van der Waals surface area contributed by atoms with Crippen molar-refractivity contribution in [3.8, 4) is 5.75 Å². The standard InChI is InChI=1S/C15H26N2O5S2/c1-6-12(3)11-23(18,19)16-13-8-9-14(22-7-2)15(10-13)24(20,21)17(4)5/h8-10,12,16H,6-7,11H2,1-5H3/t12-/m0/s1. The lowest BCUT2D eigenvalue weighted by molar-refractivity contribution is 0.330. The summed E-state index contributed by atoms with van der Waals surface area (Å²) in [7, 11) is -4.50. The van der Waals surface area contributed by atoms with Gasteiger partial charge >= 0.3 is 0 Å². The topological polar surface area (TPSA) is 92.8 Å². The van der Waals surface area contributed by atoms with Crippen LogP contribution in [0.25, 0.3) is 0 Å². The molecule has 0 heterocycles. The lowest BCUT2D eigenvalue weighted by atomic mass is 10.2. The molecule has 0 bridgehead atoms. The van der Waals surface area contributed by atoms with E-state index in [1.165, 1.54) is 32.3 Å².